The van der Waals surface area contributed by atoms with Gasteiger partial charge >= 0.3 is 5.97 Å². The maximum absolute atomic E-state index is 11.9. The number of benzene rings is 1. The summed E-state index contributed by atoms with van der Waals surface area (Å²) in [6, 6.07) is 9.11. The molecule has 0 spiro atoms. The van der Waals surface area contributed by atoms with E-state index in [1.54, 1.807) is 0 Å². The zero-order chi connectivity index (χ0) is 14.4. The first kappa shape index (κ1) is 14.5. The van der Waals surface area contributed by atoms with Gasteiger partial charge in [0.05, 0.1) is 12.5 Å². The van der Waals surface area contributed by atoms with Crippen LogP contribution in [-0.4, -0.2) is 42.5 Å². The summed E-state index contributed by atoms with van der Waals surface area (Å²) in [5, 5.41) is 2.79. The van der Waals surface area contributed by atoms with E-state index in [0.717, 1.165) is 18.7 Å². The van der Waals surface area contributed by atoms with Crippen molar-refractivity contribution in [2.24, 2.45) is 0 Å². The van der Waals surface area contributed by atoms with Crippen LogP contribution in [0.4, 0.5) is 0 Å². The van der Waals surface area contributed by atoms with E-state index in [1.165, 1.54) is 0 Å². The zero-order valence-corrected chi connectivity index (χ0v) is 11.7. The monoisotopic (exact) mass is 276 g/mol. The Morgan fingerprint density at radius 3 is 2.85 bits per heavy atom. The second-order valence-electron chi connectivity index (χ2n) is 4.79. The van der Waals surface area contributed by atoms with Gasteiger partial charge in [-0.1, -0.05) is 37.3 Å². The molecule has 1 aliphatic heterocycles. The molecule has 1 N–H and O–H groups in total. The summed E-state index contributed by atoms with van der Waals surface area (Å²) >= 11 is 0. The highest BCUT2D eigenvalue weighted by Gasteiger charge is 2.30. The van der Waals surface area contributed by atoms with E-state index >= 15 is 0 Å². The molecule has 1 atom stereocenters. The Morgan fingerprint density at radius 1 is 1.40 bits per heavy atom. The average Bonchev–Trinajstić information content (AvgIpc) is 2.48. The van der Waals surface area contributed by atoms with Crippen molar-refractivity contribution in [3.05, 3.63) is 35.9 Å². The number of amides is 1. The van der Waals surface area contributed by atoms with Gasteiger partial charge < -0.3 is 10.1 Å². The van der Waals surface area contributed by atoms with Gasteiger partial charge in [0.2, 0.25) is 5.91 Å². The molecule has 20 heavy (non-hydrogen) atoms. The third-order valence-corrected chi connectivity index (χ3v) is 3.45. The Hall–Kier alpha value is -1.88. The highest BCUT2D eigenvalue weighted by atomic mass is 16.5. The van der Waals surface area contributed by atoms with E-state index in [1.807, 2.05) is 42.2 Å². The first-order valence-electron chi connectivity index (χ1n) is 6.92. The lowest BCUT2D eigenvalue weighted by Crippen LogP contribution is -2.55. The molecule has 2 rings (SSSR count). The number of nitrogens with one attached hydrogen (secondary N) is 1. The molecule has 5 nitrogen and oxygen atoms in total. The lowest BCUT2D eigenvalue weighted by molar-refractivity contribution is -0.149. The molecule has 1 amide bonds. The molecule has 0 aromatic heterocycles. The molecular formula is C15H20N2O3. The molecule has 108 valence electrons. The van der Waals surface area contributed by atoms with E-state index in [0.29, 0.717) is 6.54 Å². The van der Waals surface area contributed by atoms with Crippen LogP contribution >= 0.6 is 0 Å². The van der Waals surface area contributed by atoms with E-state index in [2.05, 4.69) is 5.32 Å². The van der Waals surface area contributed by atoms with Gasteiger partial charge in [0.15, 0.2) is 0 Å². The number of carbonyl (C=O) groups is 2. The van der Waals surface area contributed by atoms with Gasteiger partial charge in [-0.15, -0.1) is 0 Å². The molecule has 1 heterocycles. The molecular weight excluding hydrogens is 256 g/mol. The van der Waals surface area contributed by atoms with Crippen molar-refractivity contribution in [3.8, 4) is 0 Å². The fourth-order valence-electron chi connectivity index (χ4n) is 2.32. The molecule has 0 bridgehead atoms. The van der Waals surface area contributed by atoms with Crippen molar-refractivity contribution in [3.63, 3.8) is 0 Å². The van der Waals surface area contributed by atoms with Crippen LogP contribution in [0, 0.1) is 0 Å². The maximum Gasteiger partial charge on any atom is 0.308 e. The van der Waals surface area contributed by atoms with Crippen LogP contribution in [0.2, 0.25) is 0 Å². The van der Waals surface area contributed by atoms with Crippen LogP contribution in [0.15, 0.2) is 30.3 Å². The zero-order valence-electron chi connectivity index (χ0n) is 11.7. The smallest absolute Gasteiger partial charge is 0.308 e. The average molecular weight is 276 g/mol. The second-order valence-corrected chi connectivity index (χ2v) is 4.79. The summed E-state index contributed by atoms with van der Waals surface area (Å²) < 4.78 is 5.23. The number of ether oxygens (including phenoxy) is 1. The van der Waals surface area contributed by atoms with Crippen molar-refractivity contribution in [2.45, 2.75) is 26.0 Å². The molecule has 0 aliphatic carbocycles. The Labute approximate surface area is 118 Å². The van der Waals surface area contributed by atoms with E-state index < -0.39 is 6.04 Å². The molecule has 1 fully saturated rings. The molecule has 1 aromatic carbocycles. The maximum atomic E-state index is 11.9. The van der Waals surface area contributed by atoms with Crippen LogP contribution in [0.1, 0.15) is 18.9 Å². The minimum Gasteiger partial charge on any atom is -0.461 e. The normalized spacial score (nSPS) is 19.4. The minimum absolute atomic E-state index is 0.0882. The summed E-state index contributed by atoms with van der Waals surface area (Å²) in [6.07, 6.45) is 0.104. The quantitative estimate of drug-likeness (QED) is 0.813. The number of carbonyl (C=O) groups excluding carboxylic acids is 2. The number of esters is 1. The lowest BCUT2D eigenvalue weighted by Gasteiger charge is -2.33. The van der Waals surface area contributed by atoms with Gasteiger partial charge in [-0.05, 0) is 12.1 Å². The minimum atomic E-state index is -0.406. The van der Waals surface area contributed by atoms with Crippen LogP contribution < -0.4 is 5.32 Å². The molecule has 0 radical (unpaired) electrons. The number of hydrogen-bond acceptors (Lipinski definition) is 4. The summed E-state index contributed by atoms with van der Waals surface area (Å²) in [7, 11) is 0. The number of piperazine rings is 1. The predicted octanol–water partition coefficient (Wildman–Crippen LogP) is 0.940. The van der Waals surface area contributed by atoms with E-state index in [-0.39, 0.29) is 24.9 Å². The molecule has 1 aromatic rings. The largest absolute Gasteiger partial charge is 0.461 e. The highest BCUT2D eigenvalue weighted by molar-refractivity contribution is 5.87. The Balaban J connectivity index is 1.85. The number of nitrogens with zero attached hydrogens (tertiary/aromatic N) is 1. The van der Waals surface area contributed by atoms with Crippen LogP contribution in [0.5, 0.6) is 0 Å². The van der Waals surface area contributed by atoms with Gasteiger partial charge in [0, 0.05) is 13.1 Å². The molecule has 0 saturated carbocycles. The van der Waals surface area contributed by atoms with Crippen molar-refractivity contribution in [1.29, 1.82) is 0 Å². The van der Waals surface area contributed by atoms with Crippen LogP contribution in [0.25, 0.3) is 0 Å². The van der Waals surface area contributed by atoms with E-state index in [9.17, 15) is 9.59 Å². The van der Waals surface area contributed by atoms with E-state index in [4.69, 9.17) is 4.74 Å². The molecule has 5 heteroatoms. The van der Waals surface area contributed by atoms with Crippen LogP contribution in [-0.2, 0) is 20.9 Å². The number of likely N-dealkylation sites (N-methyl/N-ethyl adjacent to an activating group) is 1. The predicted molar refractivity (Wildman–Crippen MR) is 74.9 cm³/mol. The summed E-state index contributed by atoms with van der Waals surface area (Å²) in [5.41, 5.74) is 0.946. The third kappa shape index (κ3) is 3.81. The fraction of sp³-hybridized carbons (Fsp3) is 0.467. The molecule has 0 unspecified atom stereocenters. The van der Waals surface area contributed by atoms with Crippen molar-refractivity contribution in [2.75, 3.05) is 19.6 Å². The Bertz CT molecular complexity index is 461. The standard InChI is InChI=1S/C15H20N2O3/c1-2-17-9-8-16-15(19)13(17)10-14(18)20-11-12-6-4-3-5-7-12/h3-7,13H,2,8-11H2,1H3,(H,16,19)/t13-/m0/s1. The summed E-state index contributed by atoms with van der Waals surface area (Å²) in [5.74, 6) is -0.427. The van der Waals surface area contributed by atoms with Crippen LogP contribution in [0.3, 0.4) is 0 Å². The topological polar surface area (TPSA) is 58.6 Å². The van der Waals surface area contributed by atoms with Crippen molar-refractivity contribution >= 4 is 11.9 Å². The lowest BCUT2D eigenvalue weighted by atomic mass is 10.1. The molecule has 1 aliphatic rings. The summed E-state index contributed by atoms with van der Waals surface area (Å²) in [6.45, 7) is 4.41. The highest BCUT2D eigenvalue weighted by Crippen LogP contribution is 2.10. The fourth-order valence-corrected chi connectivity index (χ4v) is 2.32. The van der Waals surface area contributed by atoms with Gasteiger partial charge in [0.1, 0.15) is 6.61 Å². The number of rotatable bonds is 5. The third-order valence-electron chi connectivity index (χ3n) is 3.45. The Morgan fingerprint density at radius 2 is 2.15 bits per heavy atom. The number of hydrogen-bond donors (Lipinski definition) is 1. The van der Waals surface area contributed by atoms with Gasteiger partial charge in [-0.2, -0.15) is 0 Å². The summed E-state index contributed by atoms with van der Waals surface area (Å²) in [4.78, 5) is 25.7. The second kappa shape index (κ2) is 7.05. The van der Waals surface area contributed by atoms with Crippen molar-refractivity contribution in [1.82, 2.24) is 10.2 Å². The first-order valence-corrected chi connectivity index (χ1v) is 6.92. The SMILES string of the molecule is CCN1CCNC(=O)[C@@H]1CC(=O)OCc1ccccc1. The Kier molecular flexibility index (Phi) is 5.12. The molecule has 1 saturated heterocycles. The van der Waals surface area contributed by atoms with Gasteiger partial charge in [-0.25, -0.2) is 0 Å². The van der Waals surface area contributed by atoms with Gasteiger partial charge in [-0.3, -0.25) is 14.5 Å². The van der Waals surface area contributed by atoms with Crippen molar-refractivity contribution < 1.29 is 14.3 Å². The first-order chi connectivity index (χ1) is 9.70. The van der Waals surface area contributed by atoms with Gasteiger partial charge in [0.25, 0.3) is 0 Å².